The first-order valence-electron chi connectivity index (χ1n) is 4.88. The minimum atomic E-state index is 0.717. The van der Waals surface area contributed by atoms with Gasteiger partial charge in [0.05, 0.1) is 0 Å². The van der Waals surface area contributed by atoms with E-state index in [1.165, 1.54) is 0 Å². The number of hydrogen-bond acceptors (Lipinski definition) is 3. The summed E-state index contributed by atoms with van der Waals surface area (Å²) in [5.74, 6) is 0. The minimum absolute atomic E-state index is 0.717. The van der Waals surface area contributed by atoms with Gasteiger partial charge in [-0.25, -0.2) is 0 Å². The van der Waals surface area contributed by atoms with Crippen LogP contribution in [0.1, 0.15) is 27.7 Å². The Morgan fingerprint density at radius 3 is 1.83 bits per heavy atom. The molecule has 0 heterocycles. The van der Waals surface area contributed by atoms with E-state index in [1.807, 2.05) is 5.06 Å². The molecule has 73 valence electrons. The van der Waals surface area contributed by atoms with Crippen molar-refractivity contribution in [2.45, 2.75) is 27.7 Å². The average Bonchev–Trinajstić information content (AvgIpc) is 2.13. The van der Waals surface area contributed by atoms with E-state index in [1.54, 1.807) is 0 Å². The Balaban J connectivity index is 3.49. The maximum absolute atomic E-state index is 5.54. The first-order chi connectivity index (χ1) is 5.78. The molecule has 0 rings (SSSR count). The molecule has 0 spiro atoms. The van der Waals surface area contributed by atoms with Gasteiger partial charge in [-0.05, 0) is 32.0 Å². The van der Waals surface area contributed by atoms with Crippen molar-refractivity contribution in [1.29, 1.82) is 0 Å². The van der Waals surface area contributed by atoms with Crippen molar-refractivity contribution in [2.24, 2.45) is 0 Å². The zero-order valence-corrected chi connectivity index (χ0v) is 8.84. The van der Waals surface area contributed by atoms with Crippen molar-refractivity contribution < 1.29 is 4.84 Å². The third-order valence-corrected chi connectivity index (χ3v) is 2.02. The van der Waals surface area contributed by atoms with Crippen LogP contribution in [0.15, 0.2) is 0 Å². The Hall–Kier alpha value is -0.120. The van der Waals surface area contributed by atoms with E-state index >= 15 is 0 Å². The molecule has 0 saturated heterocycles. The normalized spacial score (nSPS) is 11.5. The number of hydroxylamine groups is 2. The smallest absolute Gasteiger partial charge is 0.166 e. The van der Waals surface area contributed by atoms with Gasteiger partial charge in [0.1, 0.15) is 0 Å². The largest absolute Gasteiger partial charge is 0.276 e. The maximum atomic E-state index is 5.54. The molecule has 12 heavy (non-hydrogen) atoms. The molecule has 0 amide bonds. The van der Waals surface area contributed by atoms with E-state index in [-0.39, 0.29) is 0 Å². The topological polar surface area (TPSA) is 18.4 Å². The number of nitrogens with zero attached hydrogens (tertiary/aromatic N) is 2. The summed E-state index contributed by atoms with van der Waals surface area (Å²) in [5.41, 5.74) is 0. The fraction of sp³-hybridized carbons (Fsp3) is 1.00. The highest BCUT2D eigenvalue weighted by molar-refractivity contribution is 4.45. The molecular formula is C9H22N2O+. The van der Waals surface area contributed by atoms with Gasteiger partial charge in [0.25, 0.3) is 0 Å². The van der Waals surface area contributed by atoms with Crippen molar-refractivity contribution in [2.75, 3.05) is 32.9 Å². The van der Waals surface area contributed by atoms with Gasteiger partial charge in [-0.1, -0.05) is 13.8 Å². The number of hydrogen-bond donors (Lipinski definition) is 0. The molecule has 0 atom stereocenters. The SMILES string of the molecule is CCN(CC)CO[N+](CC)CC. The molecule has 0 N–H and O–H groups in total. The molecule has 0 aromatic rings. The van der Waals surface area contributed by atoms with Crippen LogP contribution in [0.4, 0.5) is 0 Å². The molecular weight excluding hydrogens is 152 g/mol. The van der Waals surface area contributed by atoms with E-state index in [4.69, 9.17) is 4.84 Å². The Kier molecular flexibility index (Phi) is 7.45. The Labute approximate surface area is 76.2 Å². The summed E-state index contributed by atoms with van der Waals surface area (Å²) >= 11 is 0. The third-order valence-electron chi connectivity index (χ3n) is 2.02. The predicted molar refractivity (Wildman–Crippen MR) is 52.1 cm³/mol. The minimum Gasteiger partial charge on any atom is -0.276 e. The van der Waals surface area contributed by atoms with Crippen molar-refractivity contribution >= 4 is 0 Å². The van der Waals surface area contributed by atoms with Gasteiger partial charge in [0.15, 0.2) is 19.8 Å². The van der Waals surface area contributed by atoms with Gasteiger partial charge in [-0.2, -0.15) is 0 Å². The highest BCUT2D eigenvalue weighted by Crippen LogP contribution is 1.90. The second-order valence-electron chi connectivity index (χ2n) is 2.68. The van der Waals surface area contributed by atoms with Crippen LogP contribution in [0, 0.1) is 0 Å². The Bertz CT molecular complexity index is 78.5. The summed E-state index contributed by atoms with van der Waals surface area (Å²) in [6, 6.07) is 0. The van der Waals surface area contributed by atoms with E-state index < -0.39 is 0 Å². The highest BCUT2D eigenvalue weighted by atomic mass is 16.7. The maximum Gasteiger partial charge on any atom is 0.166 e. The predicted octanol–water partition coefficient (Wildman–Crippen LogP) is 1.40. The first-order valence-corrected chi connectivity index (χ1v) is 4.88. The van der Waals surface area contributed by atoms with Crippen LogP contribution >= 0.6 is 0 Å². The van der Waals surface area contributed by atoms with Gasteiger partial charge in [-0.15, -0.1) is 4.84 Å². The lowest BCUT2D eigenvalue weighted by Crippen LogP contribution is -2.36. The lowest BCUT2D eigenvalue weighted by Gasteiger charge is -2.16. The molecule has 0 aliphatic heterocycles. The summed E-state index contributed by atoms with van der Waals surface area (Å²) in [6.07, 6.45) is 0. The summed E-state index contributed by atoms with van der Waals surface area (Å²) in [5, 5.41) is 1.97. The quantitative estimate of drug-likeness (QED) is 0.330. The second kappa shape index (κ2) is 7.53. The van der Waals surface area contributed by atoms with Crippen molar-refractivity contribution in [3.63, 3.8) is 0 Å². The van der Waals surface area contributed by atoms with E-state index in [0.29, 0.717) is 6.73 Å². The molecule has 0 fully saturated rings. The molecule has 3 heteroatoms. The molecule has 0 aliphatic rings. The van der Waals surface area contributed by atoms with Crippen LogP contribution in [0.2, 0.25) is 0 Å². The fourth-order valence-corrected chi connectivity index (χ4v) is 0.976. The van der Waals surface area contributed by atoms with E-state index in [2.05, 4.69) is 32.6 Å². The lowest BCUT2D eigenvalue weighted by molar-refractivity contribution is -0.111. The zero-order chi connectivity index (χ0) is 9.40. The summed E-state index contributed by atoms with van der Waals surface area (Å²) in [4.78, 5) is 7.79. The zero-order valence-electron chi connectivity index (χ0n) is 8.84. The number of rotatable bonds is 7. The van der Waals surface area contributed by atoms with Gasteiger partial charge in [0, 0.05) is 0 Å². The first kappa shape index (κ1) is 11.9. The van der Waals surface area contributed by atoms with E-state index in [0.717, 1.165) is 26.2 Å². The second-order valence-corrected chi connectivity index (χ2v) is 2.68. The summed E-state index contributed by atoms with van der Waals surface area (Å²) < 4.78 is 0. The molecule has 0 aromatic carbocycles. The molecule has 3 nitrogen and oxygen atoms in total. The van der Waals surface area contributed by atoms with Crippen molar-refractivity contribution in [3.8, 4) is 0 Å². The van der Waals surface area contributed by atoms with Crippen LogP contribution in [-0.2, 0) is 4.84 Å². The van der Waals surface area contributed by atoms with Crippen LogP contribution in [-0.4, -0.2) is 37.8 Å². The van der Waals surface area contributed by atoms with Crippen LogP contribution < -0.4 is 5.06 Å². The monoisotopic (exact) mass is 174 g/mol. The van der Waals surface area contributed by atoms with Crippen molar-refractivity contribution in [1.82, 2.24) is 9.96 Å². The molecule has 0 bridgehead atoms. The summed E-state index contributed by atoms with van der Waals surface area (Å²) in [6.45, 7) is 13.2. The average molecular weight is 174 g/mol. The summed E-state index contributed by atoms with van der Waals surface area (Å²) in [7, 11) is 0. The van der Waals surface area contributed by atoms with Gasteiger partial charge in [-0.3, -0.25) is 4.90 Å². The van der Waals surface area contributed by atoms with Crippen LogP contribution in [0.3, 0.4) is 0 Å². The van der Waals surface area contributed by atoms with Crippen LogP contribution in [0.5, 0.6) is 0 Å². The molecule has 1 radical (unpaired) electrons. The van der Waals surface area contributed by atoms with Crippen molar-refractivity contribution in [3.05, 3.63) is 0 Å². The van der Waals surface area contributed by atoms with Crippen LogP contribution in [0.25, 0.3) is 0 Å². The van der Waals surface area contributed by atoms with Gasteiger partial charge in [0.2, 0.25) is 0 Å². The molecule has 0 unspecified atom stereocenters. The lowest BCUT2D eigenvalue weighted by atomic mass is 10.6. The Morgan fingerprint density at radius 1 is 1.00 bits per heavy atom. The standard InChI is InChI=1S/C9H22N2O/c1-5-10(6-2)9-12-11(7-3)8-4/h5-9H2,1-4H3/q+1. The fourth-order valence-electron chi connectivity index (χ4n) is 0.976. The highest BCUT2D eigenvalue weighted by Gasteiger charge is 2.11. The van der Waals surface area contributed by atoms with E-state index in [9.17, 15) is 0 Å². The molecule has 0 saturated carbocycles. The van der Waals surface area contributed by atoms with Gasteiger partial charge < -0.3 is 0 Å². The third kappa shape index (κ3) is 4.70. The van der Waals surface area contributed by atoms with Gasteiger partial charge >= 0.3 is 0 Å². The Morgan fingerprint density at radius 2 is 1.50 bits per heavy atom. The molecule has 0 aromatic heterocycles. The molecule has 0 aliphatic carbocycles.